The number of halogens is 1. The average molecular weight is 495 g/mol. The molecule has 0 aliphatic carbocycles. The molecule has 3 aromatic carbocycles. The minimum Gasteiger partial charge on any atom is -0.490 e. The van der Waals surface area contributed by atoms with Crippen LogP contribution >= 0.6 is 15.9 Å². The average Bonchev–Trinajstić information content (AvgIpc) is 2.81. The van der Waals surface area contributed by atoms with E-state index in [4.69, 9.17) is 14.2 Å². The molecule has 0 saturated heterocycles. The van der Waals surface area contributed by atoms with E-state index in [1.54, 1.807) is 12.1 Å². The smallest absolute Gasteiger partial charge is 0.336 e. The first-order valence-corrected chi connectivity index (χ1v) is 11.5. The summed E-state index contributed by atoms with van der Waals surface area (Å²) in [6.07, 6.45) is 5.16. The summed E-state index contributed by atoms with van der Waals surface area (Å²) in [5, 5.41) is 0. The van der Waals surface area contributed by atoms with Crippen molar-refractivity contribution in [3.63, 3.8) is 0 Å². The van der Waals surface area contributed by atoms with Crippen LogP contribution in [0.15, 0.2) is 77.3 Å². The molecule has 0 spiro atoms. The predicted octanol–water partition coefficient (Wildman–Crippen LogP) is 7.31. The monoisotopic (exact) mass is 494 g/mol. The number of esters is 1. The molecule has 0 atom stereocenters. The highest BCUT2D eigenvalue weighted by Crippen LogP contribution is 2.31. The van der Waals surface area contributed by atoms with Gasteiger partial charge in [0, 0.05) is 6.08 Å². The fraction of sp³-hybridized carbons (Fsp3) is 0.222. The lowest BCUT2D eigenvalue weighted by molar-refractivity contribution is -0.128. The maximum Gasteiger partial charge on any atom is 0.336 e. The Bertz CT molecular complexity index is 1060. The summed E-state index contributed by atoms with van der Waals surface area (Å²) >= 11 is 3.50. The van der Waals surface area contributed by atoms with Crippen LogP contribution in [-0.2, 0) is 4.79 Å². The van der Waals surface area contributed by atoms with E-state index in [0.717, 1.165) is 29.5 Å². The molecule has 0 unspecified atom stereocenters. The molecule has 0 fully saturated rings. The Morgan fingerprint density at radius 3 is 2.38 bits per heavy atom. The predicted molar refractivity (Wildman–Crippen MR) is 132 cm³/mol. The van der Waals surface area contributed by atoms with Crippen LogP contribution in [0.1, 0.15) is 32.3 Å². The zero-order valence-corrected chi connectivity index (χ0v) is 19.9. The Labute approximate surface area is 198 Å². The summed E-state index contributed by atoms with van der Waals surface area (Å²) in [6, 6.07) is 21.3. The number of unbranched alkanes of at least 4 members (excludes halogenated alkanes) is 1. The van der Waals surface area contributed by atoms with Crippen LogP contribution in [0, 0.1) is 0 Å². The molecule has 0 heterocycles. The number of hydrogen-bond acceptors (Lipinski definition) is 4. The van der Waals surface area contributed by atoms with Gasteiger partial charge in [-0.05, 0) is 76.3 Å². The van der Waals surface area contributed by atoms with Crippen molar-refractivity contribution < 1.29 is 19.0 Å². The van der Waals surface area contributed by atoms with E-state index in [0.29, 0.717) is 34.9 Å². The van der Waals surface area contributed by atoms with Crippen LogP contribution < -0.4 is 14.2 Å². The molecule has 0 amide bonds. The molecule has 32 heavy (non-hydrogen) atoms. The molecule has 166 valence electrons. The largest absolute Gasteiger partial charge is 0.490 e. The van der Waals surface area contributed by atoms with Crippen molar-refractivity contribution >= 4 is 28.0 Å². The van der Waals surface area contributed by atoms with E-state index in [2.05, 4.69) is 22.9 Å². The maximum atomic E-state index is 12.4. The zero-order chi connectivity index (χ0) is 22.8. The van der Waals surface area contributed by atoms with Gasteiger partial charge in [-0.25, -0.2) is 4.79 Å². The first-order chi connectivity index (χ1) is 15.6. The van der Waals surface area contributed by atoms with E-state index in [1.165, 1.54) is 6.08 Å². The van der Waals surface area contributed by atoms with Crippen molar-refractivity contribution in [1.82, 2.24) is 0 Å². The third kappa shape index (κ3) is 6.72. The van der Waals surface area contributed by atoms with Gasteiger partial charge in [0.05, 0.1) is 17.7 Å². The lowest BCUT2D eigenvalue weighted by atomic mass is 10.1. The van der Waals surface area contributed by atoms with Gasteiger partial charge in [0.1, 0.15) is 5.75 Å². The van der Waals surface area contributed by atoms with E-state index < -0.39 is 5.97 Å². The lowest BCUT2D eigenvalue weighted by Crippen LogP contribution is -2.04. The number of carbonyl (C=O) groups is 1. The van der Waals surface area contributed by atoms with Gasteiger partial charge in [0.2, 0.25) is 0 Å². The molecule has 0 radical (unpaired) electrons. The standard InChI is InChI=1S/C27H27BrO4/c1-3-5-17-31-25-14-11-20(18-26(25)30-4-2)12-16-27(29)32-24-15-13-22(19-23(24)28)21-9-7-6-8-10-21/h6-16,18-19H,3-5,17H2,1-2H3/b16-12+. The molecular weight excluding hydrogens is 468 g/mol. The molecular formula is C27H27BrO4. The molecule has 4 nitrogen and oxygen atoms in total. The topological polar surface area (TPSA) is 44.8 Å². The van der Waals surface area contributed by atoms with Gasteiger partial charge in [0.15, 0.2) is 11.5 Å². The van der Waals surface area contributed by atoms with E-state index in [9.17, 15) is 4.79 Å². The van der Waals surface area contributed by atoms with Gasteiger partial charge in [0.25, 0.3) is 0 Å². The SMILES string of the molecule is CCCCOc1ccc(/C=C/C(=O)Oc2ccc(-c3ccccc3)cc2Br)cc1OCC. The normalized spacial score (nSPS) is 10.8. The Morgan fingerprint density at radius 1 is 0.875 bits per heavy atom. The number of carbonyl (C=O) groups excluding carboxylic acids is 1. The second-order valence-electron chi connectivity index (χ2n) is 7.11. The highest BCUT2D eigenvalue weighted by molar-refractivity contribution is 9.10. The quantitative estimate of drug-likeness (QED) is 0.128. The lowest BCUT2D eigenvalue weighted by Gasteiger charge is -2.12. The van der Waals surface area contributed by atoms with E-state index in [-0.39, 0.29) is 0 Å². The summed E-state index contributed by atoms with van der Waals surface area (Å²) in [4.78, 5) is 12.4. The van der Waals surface area contributed by atoms with Crippen molar-refractivity contribution in [2.45, 2.75) is 26.7 Å². The minimum absolute atomic E-state index is 0.459. The number of ether oxygens (including phenoxy) is 3. The Balaban J connectivity index is 1.66. The van der Waals surface area contributed by atoms with Gasteiger partial charge in [-0.15, -0.1) is 0 Å². The van der Waals surface area contributed by atoms with Crippen molar-refractivity contribution in [2.24, 2.45) is 0 Å². The molecule has 0 N–H and O–H groups in total. The van der Waals surface area contributed by atoms with Gasteiger partial charge >= 0.3 is 5.97 Å². The van der Waals surface area contributed by atoms with Crippen LogP contribution in [-0.4, -0.2) is 19.2 Å². The third-order valence-electron chi connectivity index (χ3n) is 4.68. The molecule has 0 aliphatic heterocycles. The summed E-state index contributed by atoms with van der Waals surface area (Å²) in [5.41, 5.74) is 2.96. The number of benzene rings is 3. The second kappa shape index (κ2) is 12.1. The summed E-state index contributed by atoms with van der Waals surface area (Å²) in [5.74, 6) is 1.38. The first-order valence-electron chi connectivity index (χ1n) is 10.7. The Morgan fingerprint density at radius 2 is 1.66 bits per heavy atom. The highest BCUT2D eigenvalue weighted by atomic mass is 79.9. The van der Waals surface area contributed by atoms with Crippen LogP contribution in [0.2, 0.25) is 0 Å². The van der Waals surface area contributed by atoms with Gasteiger partial charge < -0.3 is 14.2 Å². The van der Waals surface area contributed by atoms with Gasteiger partial charge in [-0.3, -0.25) is 0 Å². The van der Waals surface area contributed by atoms with Crippen molar-refractivity contribution in [3.8, 4) is 28.4 Å². The highest BCUT2D eigenvalue weighted by Gasteiger charge is 2.09. The Hall–Kier alpha value is -3.05. The molecule has 0 bridgehead atoms. The fourth-order valence-electron chi connectivity index (χ4n) is 3.04. The van der Waals surface area contributed by atoms with E-state index in [1.807, 2.05) is 67.6 Å². The first kappa shape index (κ1) is 23.6. The minimum atomic E-state index is -0.459. The molecule has 0 aromatic heterocycles. The molecule has 3 rings (SSSR count). The molecule has 3 aromatic rings. The summed E-state index contributed by atoms with van der Waals surface area (Å²) < 4.78 is 17.7. The number of rotatable bonds is 10. The number of hydrogen-bond donors (Lipinski definition) is 0. The summed E-state index contributed by atoms with van der Waals surface area (Å²) in [7, 11) is 0. The van der Waals surface area contributed by atoms with Crippen molar-refractivity contribution in [1.29, 1.82) is 0 Å². The van der Waals surface area contributed by atoms with Crippen LogP contribution in [0.5, 0.6) is 17.2 Å². The summed E-state index contributed by atoms with van der Waals surface area (Å²) in [6.45, 7) is 5.23. The third-order valence-corrected chi connectivity index (χ3v) is 5.30. The van der Waals surface area contributed by atoms with Crippen molar-refractivity contribution in [2.75, 3.05) is 13.2 Å². The molecule has 0 saturated carbocycles. The Kier molecular flexibility index (Phi) is 8.93. The van der Waals surface area contributed by atoms with Gasteiger partial charge in [-0.1, -0.05) is 55.8 Å². The van der Waals surface area contributed by atoms with Crippen LogP contribution in [0.4, 0.5) is 0 Å². The fourth-order valence-corrected chi connectivity index (χ4v) is 3.50. The zero-order valence-electron chi connectivity index (χ0n) is 18.3. The molecule has 5 heteroatoms. The van der Waals surface area contributed by atoms with Crippen LogP contribution in [0.25, 0.3) is 17.2 Å². The maximum absolute atomic E-state index is 12.4. The van der Waals surface area contributed by atoms with Gasteiger partial charge in [-0.2, -0.15) is 0 Å². The molecule has 0 aliphatic rings. The van der Waals surface area contributed by atoms with Crippen LogP contribution in [0.3, 0.4) is 0 Å². The second-order valence-corrected chi connectivity index (χ2v) is 7.96. The van der Waals surface area contributed by atoms with E-state index >= 15 is 0 Å². The van der Waals surface area contributed by atoms with Crippen molar-refractivity contribution in [3.05, 3.63) is 82.8 Å².